The molecule has 0 saturated carbocycles. The summed E-state index contributed by atoms with van der Waals surface area (Å²) in [7, 11) is 0. The first-order chi connectivity index (χ1) is 4.58. The molecule has 0 atom stereocenters. The fourth-order valence-electron chi connectivity index (χ4n) is 1.63. The van der Waals surface area contributed by atoms with Crippen molar-refractivity contribution in [1.82, 2.24) is 0 Å². The lowest BCUT2D eigenvalue weighted by molar-refractivity contribution is 0.389. The van der Waals surface area contributed by atoms with Gasteiger partial charge in [-0.25, -0.2) is 0 Å². The van der Waals surface area contributed by atoms with Gasteiger partial charge in [-0.05, 0) is 31.6 Å². The minimum Gasteiger partial charge on any atom is -0.0733 e. The average molecular weight is 138 g/mol. The Morgan fingerprint density at radius 3 is 2.00 bits per heavy atom. The van der Waals surface area contributed by atoms with Crippen LogP contribution in [-0.2, 0) is 0 Å². The van der Waals surface area contributed by atoms with E-state index in [0.717, 1.165) is 0 Å². The summed E-state index contributed by atoms with van der Waals surface area (Å²) in [6.07, 6.45) is 3.98. The second-order valence-corrected chi connectivity index (χ2v) is 4.00. The summed E-state index contributed by atoms with van der Waals surface area (Å²) in [4.78, 5) is 0. The van der Waals surface area contributed by atoms with Gasteiger partial charge in [0.25, 0.3) is 0 Å². The smallest absolute Gasteiger partial charge is 0.0145 e. The van der Waals surface area contributed by atoms with Gasteiger partial charge < -0.3 is 0 Å². The lowest BCUT2D eigenvalue weighted by Gasteiger charge is -2.35. The third kappa shape index (κ3) is 1.12. The molecule has 0 aromatic heterocycles. The second kappa shape index (κ2) is 2.41. The van der Waals surface area contributed by atoms with E-state index >= 15 is 0 Å². The Labute approximate surface area is 64.3 Å². The summed E-state index contributed by atoms with van der Waals surface area (Å²) in [6.45, 7) is 9.25. The van der Waals surface area contributed by atoms with Crippen LogP contribution in [0.1, 0.15) is 47.0 Å². The fraction of sp³-hybridized carbons (Fsp3) is 0.800. The molecule has 0 heterocycles. The van der Waals surface area contributed by atoms with Crippen LogP contribution in [0.3, 0.4) is 0 Å². The van der Waals surface area contributed by atoms with Crippen LogP contribution in [0, 0.1) is 5.41 Å². The molecule has 0 fully saturated rings. The first-order valence-electron chi connectivity index (χ1n) is 4.27. The van der Waals surface area contributed by atoms with Crippen LogP contribution in [0.25, 0.3) is 0 Å². The predicted octanol–water partition coefficient (Wildman–Crippen LogP) is 3.53. The van der Waals surface area contributed by atoms with E-state index < -0.39 is 0 Å². The Morgan fingerprint density at radius 2 is 1.90 bits per heavy atom. The summed E-state index contributed by atoms with van der Waals surface area (Å²) in [5, 5.41) is 0. The molecule has 0 aromatic rings. The third-order valence-electron chi connectivity index (χ3n) is 2.97. The molecule has 0 aliphatic heterocycles. The predicted molar refractivity (Wildman–Crippen MR) is 46.0 cm³/mol. The highest BCUT2D eigenvalue weighted by molar-refractivity contribution is 5.27. The molecule has 0 radical (unpaired) electrons. The Balaban J connectivity index is 2.74. The van der Waals surface area contributed by atoms with Crippen molar-refractivity contribution < 1.29 is 0 Å². The van der Waals surface area contributed by atoms with Crippen molar-refractivity contribution in [2.24, 2.45) is 5.41 Å². The molecule has 0 heteroatoms. The molecule has 0 N–H and O–H groups in total. The van der Waals surface area contributed by atoms with Crippen molar-refractivity contribution >= 4 is 0 Å². The Kier molecular flexibility index (Phi) is 1.89. The van der Waals surface area contributed by atoms with E-state index in [9.17, 15) is 0 Å². The van der Waals surface area contributed by atoms with Crippen LogP contribution >= 0.6 is 0 Å². The first-order valence-corrected chi connectivity index (χ1v) is 4.27. The quantitative estimate of drug-likeness (QED) is 0.512. The van der Waals surface area contributed by atoms with Crippen molar-refractivity contribution in [1.29, 1.82) is 0 Å². The van der Waals surface area contributed by atoms with Gasteiger partial charge in [0.2, 0.25) is 0 Å². The number of allylic oxidation sites excluding steroid dienone is 2. The van der Waals surface area contributed by atoms with E-state index in [4.69, 9.17) is 0 Å². The molecule has 0 bridgehead atoms. The molecule has 58 valence electrons. The second-order valence-electron chi connectivity index (χ2n) is 4.00. The first kappa shape index (κ1) is 7.84. The number of hydrogen-bond acceptors (Lipinski definition) is 0. The lowest BCUT2D eigenvalue weighted by atomic mass is 9.71. The average Bonchev–Trinajstić information content (AvgIpc) is 1.84. The molecular weight excluding hydrogens is 120 g/mol. The van der Waals surface area contributed by atoms with Crippen molar-refractivity contribution in [2.75, 3.05) is 0 Å². The minimum atomic E-state index is 0.488. The maximum atomic E-state index is 2.35. The van der Waals surface area contributed by atoms with Gasteiger partial charge in [0.05, 0.1) is 0 Å². The normalized spacial score (nSPS) is 19.2. The van der Waals surface area contributed by atoms with Crippen LogP contribution in [0.5, 0.6) is 0 Å². The maximum absolute atomic E-state index is 2.35. The van der Waals surface area contributed by atoms with Crippen LogP contribution in [0.4, 0.5) is 0 Å². The molecule has 0 nitrogen and oxygen atoms in total. The van der Waals surface area contributed by atoms with E-state index in [2.05, 4.69) is 27.7 Å². The van der Waals surface area contributed by atoms with Gasteiger partial charge in [-0.2, -0.15) is 0 Å². The highest BCUT2D eigenvalue weighted by Crippen LogP contribution is 2.42. The van der Waals surface area contributed by atoms with Crippen LogP contribution in [-0.4, -0.2) is 0 Å². The van der Waals surface area contributed by atoms with E-state index in [1.54, 1.807) is 11.1 Å². The summed E-state index contributed by atoms with van der Waals surface area (Å²) < 4.78 is 0. The molecule has 1 aliphatic carbocycles. The van der Waals surface area contributed by atoms with Crippen LogP contribution < -0.4 is 0 Å². The lowest BCUT2D eigenvalue weighted by Crippen LogP contribution is -2.20. The minimum absolute atomic E-state index is 0.488. The molecule has 0 unspecified atom stereocenters. The van der Waals surface area contributed by atoms with Crippen LogP contribution in [0.15, 0.2) is 11.1 Å². The highest BCUT2D eigenvalue weighted by atomic mass is 14.3. The van der Waals surface area contributed by atoms with Gasteiger partial charge in [-0.3, -0.25) is 0 Å². The van der Waals surface area contributed by atoms with Gasteiger partial charge >= 0.3 is 0 Å². The van der Waals surface area contributed by atoms with Gasteiger partial charge in [0.15, 0.2) is 0 Å². The van der Waals surface area contributed by atoms with E-state index in [1.165, 1.54) is 19.3 Å². The van der Waals surface area contributed by atoms with E-state index in [1.807, 2.05) is 0 Å². The molecule has 1 aliphatic rings. The van der Waals surface area contributed by atoms with Crippen molar-refractivity contribution in [3.63, 3.8) is 0 Å². The fourth-order valence-corrected chi connectivity index (χ4v) is 1.63. The van der Waals surface area contributed by atoms with E-state index in [-0.39, 0.29) is 0 Å². The molecular formula is C10H18. The highest BCUT2D eigenvalue weighted by Gasteiger charge is 2.27. The van der Waals surface area contributed by atoms with Gasteiger partial charge in [0, 0.05) is 0 Å². The zero-order valence-electron chi connectivity index (χ0n) is 7.62. The molecule has 0 aromatic carbocycles. The topological polar surface area (TPSA) is 0 Å². The SMILES string of the molecule is CCC(C)(C)C1=C(C)CC1. The zero-order valence-corrected chi connectivity index (χ0v) is 7.62. The molecule has 0 amide bonds. The van der Waals surface area contributed by atoms with Gasteiger partial charge in [0.1, 0.15) is 0 Å². The monoisotopic (exact) mass is 138 g/mol. The molecule has 0 saturated heterocycles. The van der Waals surface area contributed by atoms with Crippen molar-refractivity contribution in [3.05, 3.63) is 11.1 Å². The van der Waals surface area contributed by atoms with Crippen molar-refractivity contribution in [3.8, 4) is 0 Å². The van der Waals surface area contributed by atoms with E-state index in [0.29, 0.717) is 5.41 Å². The Bertz CT molecular complexity index is 161. The third-order valence-corrected chi connectivity index (χ3v) is 2.97. The summed E-state index contributed by atoms with van der Waals surface area (Å²) >= 11 is 0. The Morgan fingerprint density at radius 1 is 1.30 bits per heavy atom. The van der Waals surface area contributed by atoms with Crippen molar-refractivity contribution in [2.45, 2.75) is 47.0 Å². The number of rotatable bonds is 2. The summed E-state index contributed by atoms with van der Waals surface area (Å²) in [5.41, 5.74) is 3.85. The molecule has 0 spiro atoms. The zero-order chi connectivity index (χ0) is 7.78. The maximum Gasteiger partial charge on any atom is -0.0145 e. The molecule has 1 rings (SSSR count). The van der Waals surface area contributed by atoms with Crippen LogP contribution in [0.2, 0.25) is 0 Å². The molecule has 10 heavy (non-hydrogen) atoms. The summed E-state index contributed by atoms with van der Waals surface area (Å²) in [6, 6.07) is 0. The Hall–Kier alpha value is -0.260. The van der Waals surface area contributed by atoms with Gasteiger partial charge in [-0.15, -0.1) is 0 Å². The summed E-state index contributed by atoms with van der Waals surface area (Å²) in [5.74, 6) is 0. The van der Waals surface area contributed by atoms with Gasteiger partial charge in [-0.1, -0.05) is 31.9 Å². The largest absolute Gasteiger partial charge is 0.0733 e. The standard InChI is InChI=1S/C10H18/c1-5-10(3,4)9-7-6-8(9)2/h5-7H2,1-4H3. The number of hydrogen-bond donors (Lipinski definition) is 0.